The fourth-order valence-electron chi connectivity index (χ4n) is 4.35. The summed E-state index contributed by atoms with van der Waals surface area (Å²) in [5.41, 5.74) is 8.30. The van der Waals surface area contributed by atoms with Crippen LogP contribution in [0.2, 0.25) is 0 Å². The van der Waals surface area contributed by atoms with Crippen LogP contribution in [0.15, 0.2) is 43.0 Å². The van der Waals surface area contributed by atoms with E-state index in [1.54, 1.807) is 12.4 Å². The van der Waals surface area contributed by atoms with Gasteiger partial charge in [0, 0.05) is 41.8 Å². The van der Waals surface area contributed by atoms with Crippen molar-refractivity contribution in [2.75, 3.05) is 0 Å². The first-order chi connectivity index (χ1) is 19.0. The molecule has 216 valence electrons. The minimum absolute atomic E-state index is 0.0253. The molecule has 0 spiro atoms. The van der Waals surface area contributed by atoms with Crippen LogP contribution in [0.3, 0.4) is 0 Å². The van der Waals surface area contributed by atoms with Crippen LogP contribution in [0.25, 0.3) is 10.9 Å². The Morgan fingerprint density at radius 3 is 2.27 bits per heavy atom. The Balaban J connectivity index is 1.81. The highest BCUT2D eigenvalue weighted by Gasteiger charge is 2.33. The van der Waals surface area contributed by atoms with Gasteiger partial charge in [-0.3, -0.25) is 14.4 Å². The van der Waals surface area contributed by atoms with Crippen LogP contribution < -0.4 is 21.7 Å². The second-order valence-electron chi connectivity index (χ2n) is 10.3. The van der Waals surface area contributed by atoms with Gasteiger partial charge in [0.15, 0.2) is 0 Å². The smallest absolute Gasteiger partial charge is 0.326 e. The molecule has 40 heavy (non-hydrogen) atoms. The Kier molecular flexibility index (Phi) is 10.4. The molecule has 0 saturated carbocycles. The molecule has 3 rings (SSSR count). The minimum Gasteiger partial charge on any atom is -0.480 e. The first-order valence-corrected chi connectivity index (χ1v) is 13.1. The molecule has 2 aromatic heterocycles. The standard InChI is InChI=1S/C27H37N7O6/c1-14(2)8-22(27(39)40)33-26(38)23(15(3)35)34-25(37)21(9-16-11-30-20-7-5-4-6-18(16)20)32-24(36)19(28)10-17-12-29-13-31-17/h4-7,11-15,19,21-23,30,35H,8-10,28H2,1-3H3,(H,29,31)(H,32,36)(H,33,38)(H,34,37)(H,39,40). The summed E-state index contributed by atoms with van der Waals surface area (Å²) in [5, 5.41) is 28.2. The number of H-pyrrole nitrogens is 2. The van der Waals surface area contributed by atoms with Crippen molar-refractivity contribution in [2.24, 2.45) is 11.7 Å². The molecule has 5 atom stereocenters. The number of fused-ring (bicyclic) bond motifs is 1. The van der Waals surface area contributed by atoms with Crippen molar-refractivity contribution in [3.63, 3.8) is 0 Å². The van der Waals surface area contributed by atoms with E-state index < -0.39 is 54.0 Å². The van der Waals surface area contributed by atoms with Crippen LogP contribution in [-0.2, 0) is 32.0 Å². The number of nitrogens with two attached hydrogens (primary N) is 1. The number of aromatic amines is 2. The van der Waals surface area contributed by atoms with Gasteiger partial charge in [-0.1, -0.05) is 32.0 Å². The zero-order valence-electron chi connectivity index (χ0n) is 22.7. The Morgan fingerprint density at radius 1 is 0.950 bits per heavy atom. The number of carbonyl (C=O) groups is 4. The van der Waals surface area contributed by atoms with Crippen LogP contribution in [0.5, 0.6) is 0 Å². The number of aliphatic carboxylic acids is 1. The maximum atomic E-state index is 13.5. The number of rotatable bonds is 14. The number of aliphatic hydroxyl groups excluding tert-OH is 1. The fourth-order valence-corrected chi connectivity index (χ4v) is 4.35. The molecule has 0 aliphatic rings. The van der Waals surface area contributed by atoms with Crippen LogP contribution >= 0.6 is 0 Å². The number of benzene rings is 1. The van der Waals surface area contributed by atoms with Crippen molar-refractivity contribution in [1.29, 1.82) is 0 Å². The van der Waals surface area contributed by atoms with E-state index in [1.807, 2.05) is 38.1 Å². The molecule has 3 amide bonds. The number of nitrogens with zero attached hydrogens (tertiary/aromatic N) is 1. The predicted molar refractivity (Wildman–Crippen MR) is 147 cm³/mol. The van der Waals surface area contributed by atoms with Gasteiger partial charge >= 0.3 is 5.97 Å². The van der Waals surface area contributed by atoms with Gasteiger partial charge in [-0.25, -0.2) is 9.78 Å². The molecule has 0 aliphatic heterocycles. The van der Waals surface area contributed by atoms with E-state index in [0.717, 1.165) is 16.5 Å². The molecule has 5 unspecified atom stereocenters. The topological polar surface area (TPSA) is 215 Å². The lowest BCUT2D eigenvalue weighted by molar-refractivity contribution is -0.143. The van der Waals surface area contributed by atoms with E-state index in [0.29, 0.717) is 5.69 Å². The summed E-state index contributed by atoms with van der Waals surface area (Å²) in [6, 6.07) is 2.61. The quantitative estimate of drug-likeness (QED) is 0.135. The van der Waals surface area contributed by atoms with Gasteiger partial charge < -0.3 is 41.9 Å². The lowest BCUT2D eigenvalue weighted by Crippen LogP contribution is -2.60. The van der Waals surface area contributed by atoms with Crippen molar-refractivity contribution < 1.29 is 29.4 Å². The molecule has 0 aliphatic carbocycles. The summed E-state index contributed by atoms with van der Waals surface area (Å²) in [6.07, 6.45) is 3.74. The maximum absolute atomic E-state index is 13.5. The van der Waals surface area contributed by atoms with Crippen molar-refractivity contribution in [3.05, 3.63) is 54.2 Å². The molecule has 0 radical (unpaired) electrons. The molecular formula is C27H37N7O6. The van der Waals surface area contributed by atoms with Gasteiger partial charge in [0.1, 0.15) is 18.1 Å². The third kappa shape index (κ3) is 8.13. The second kappa shape index (κ2) is 13.7. The average molecular weight is 556 g/mol. The number of hydrogen-bond acceptors (Lipinski definition) is 7. The lowest BCUT2D eigenvalue weighted by Gasteiger charge is -2.27. The Labute approximate surface area is 231 Å². The number of imidazole rings is 1. The Bertz CT molecular complexity index is 1300. The Hall–Kier alpha value is -4.23. The molecule has 0 fully saturated rings. The number of carboxylic acids is 1. The third-order valence-corrected chi connectivity index (χ3v) is 6.45. The Morgan fingerprint density at radius 2 is 1.65 bits per heavy atom. The number of amides is 3. The summed E-state index contributed by atoms with van der Waals surface area (Å²) < 4.78 is 0. The van der Waals surface area contributed by atoms with E-state index in [1.165, 1.54) is 13.3 Å². The fraction of sp³-hybridized carbons (Fsp3) is 0.444. The van der Waals surface area contributed by atoms with Gasteiger partial charge in [0.2, 0.25) is 17.7 Å². The van der Waals surface area contributed by atoms with E-state index in [9.17, 15) is 29.4 Å². The summed E-state index contributed by atoms with van der Waals surface area (Å²) in [5.74, 6) is -3.46. The average Bonchev–Trinajstić information content (AvgIpc) is 3.55. The molecule has 2 heterocycles. The monoisotopic (exact) mass is 555 g/mol. The minimum atomic E-state index is -1.47. The van der Waals surface area contributed by atoms with Crippen LogP contribution in [0, 0.1) is 5.92 Å². The second-order valence-corrected chi connectivity index (χ2v) is 10.3. The van der Waals surface area contributed by atoms with Crippen LogP contribution in [0.4, 0.5) is 0 Å². The van der Waals surface area contributed by atoms with Crippen LogP contribution in [0.1, 0.15) is 38.4 Å². The molecule has 9 N–H and O–H groups in total. The maximum Gasteiger partial charge on any atom is 0.326 e. The molecule has 0 bridgehead atoms. The number of nitrogens with one attached hydrogen (secondary N) is 5. The number of carbonyl (C=O) groups excluding carboxylic acids is 3. The SMILES string of the molecule is CC(C)CC(NC(=O)C(NC(=O)C(Cc1c[nH]c2ccccc12)NC(=O)C(N)Cc1cnc[nH]1)C(C)O)C(=O)O. The van der Waals surface area contributed by atoms with E-state index >= 15 is 0 Å². The molecule has 1 aromatic carbocycles. The number of hydrogen-bond donors (Lipinski definition) is 8. The van der Waals surface area contributed by atoms with Crippen molar-refractivity contribution in [2.45, 2.75) is 70.3 Å². The van der Waals surface area contributed by atoms with Crippen molar-refractivity contribution >= 4 is 34.6 Å². The van der Waals surface area contributed by atoms with Gasteiger partial charge in [-0.15, -0.1) is 0 Å². The number of aromatic nitrogens is 3. The van der Waals surface area contributed by atoms with Crippen molar-refractivity contribution in [1.82, 2.24) is 30.9 Å². The van der Waals surface area contributed by atoms with E-state index in [-0.39, 0.29) is 25.2 Å². The largest absolute Gasteiger partial charge is 0.480 e. The summed E-state index contributed by atoms with van der Waals surface area (Å²) in [7, 11) is 0. The first-order valence-electron chi connectivity index (χ1n) is 13.1. The van der Waals surface area contributed by atoms with E-state index in [2.05, 4.69) is 30.9 Å². The van der Waals surface area contributed by atoms with Crippen LogP contribution in [-0.4, -0.2) is 79.1 Å². The predicted octanol–water partition coefficient (Wildman–Crippen LogP) is -0.0306. The molecule has 0 saturated heterocycles. The van der Waals surface area contributed by atoms with Gasteiger partial charge in [0.25, 0.3) is 0 Å². The number of carboxylic acid groups (broad SMARTS) is 1. The number of para-hydroxylation sites is 1. The van der Waals surface area contributed by atoms with E-state index in [4.69, 9.17) is 5.73 Å². The first kappa shape index (κ1) is 30.3. The summed E-state index contributed by atoms with van der Waals surface area (Å²) >= 11 is 0. The molecule has 13 nitrogen and oxygen atoms in total. The summed E-state index contributed by atoms with van der Waals surface area (Å²) in [4.78, 5) is 61.0. The highest BCUT2D eigenvalue weighted by Crippen LogP contribution is 2.19. The zero-order chi connectivity index (χ0) is 29.4. The summed E-state index contributed by atoms with van der Waals surface area (Å²) in [6.45, 7) is 4.92. The third-order valence-electron chi connectivity index (χ3n) is 6.45. The highest BCUT2D eigenvalue weighted by atomic mass is 16.4. The highest BCUT2D eigenvalue weighted by molar-refractivity contribution is 5.95. The van der Waals surface area contributed by atoms with Gasteiger partial charge in [0.05, 0.1) is 18.5 Å². The van der Waals surface area contributed by atoms with Crippen molar-refractivity contribution in [3.8, 4) is 0 Å². The molecule has 13 heteroatoms. The lowest BCUT2D eigenvalue weighted by atomic mass is 10.0. The zero-order valence-corrected chi connectivity index (χ0v) is 22.7. The normalized spacial score (nSPS) is 15.2. The van der Waals surface area contributed by atoms with Gasteiger partial charge in [-0.05, 0) is 30.9 Å². The number of aliphatic hydroxyl groups is 1. The molecular weight excluding hydrogens is 518 g/mol. The molecule has 3 aromatic rings. The van der Waals surface area contributed by atoms with Gasteiger partial charge in [-0.2, -0.15) is 0 Å².